The van der Waals surface area contributed by atoms with E-state index in [1.807, 2.05) is 24.3 Å². The number of hydrogen-bond acceptors (Lipinski definition) is 4. The Hall–Kier alpha value is -2.37. The number of carbonyl (C=O) groups excluding carboxylic acids is 1. The lowest BCUT2D eigenvalue weighted by Crippen LogP contribution is -2.06. The molecule has 0 atom stereocenters. The van der Waals surface area contributed by atoms with Gasteiger partial charge in [0.1, 0.15) is 5.76 Å². The van der Waals surface area contributed by atoms with Crippen LogP contribution < -0.4 is 5.32 Å². The van der Waals surface area contributed by atoms with E-state index in [2.05, 4.69) is 10.3 Å². The van der Waals surface area contributed by atoms with E-state index in [9.17, 15) is 4.79 Å². The van der Waals surface area contributed by atoms with Crippen molar-refractivity contribution in [3.63, 3.8) is 0 Å². The SMILES string of the molecule is O=C(/C=C\c1ccco1)Nc1ncc(Cc2ccccc2Cl)s1. The summed E-state index contributed by atoms with van der Waals surface area (Å²) in [6.07, 6.45) is 7.01. The van der Waals surface area contributed by atoms with E-state index >= 15 is 0 Å². The topological polar surface area (TPSA) is 55.1 Å². The maximum Gasteiger partial charge on any atom is 0.250 e. The zero-order valence-electron chi connectivity index (χ0n) is 12.0. The van der Waals surface area contributed by atoms with E-state index in [0.717, 1.165) is 15.5 Å². The molecule has 116 valence electrons. The fourth-order valence-corrected chi connectivity index (χ4v) is 3.01. The molecule has 2 aromatic heterocycles. The lowest BCUT2D eigenvalue weighted by atomic mass is 10.1. The summed E-state index contributed by atoms with van der Waals surface area (Å²) in [7, 11) is 0. The van der Waals surface area contributed by atoms with Gasteiger partial charge in [0.15, 0.2) is 5.13 Å². The van der Waals surface area contributed by atoms with Crippen molar-refractivity contribution < 1.29 is 9.21 Å². The lowest BCUT2D eigenvalue weighted by molar-refractivity contribution is -0.111. The van der Waals surface area contributed by atoms with Crippen molar-refractivity contribution in [2.45, 2.75) is 6.42 Å². The number of furan rings is 1. The van der Waals surface area contributed by atoms with Gasteiger partial charge >= 0.3 is 0 Å². The first kappa shape index (κ1) is 15.5. The molecule has 2 heterocycles. The molecule has 23 heavy (non-hydrogen) atoms. The van der Waals surface area contributed by atoms with Gasteiger partial charge in [-0.15, -0.1) is 11.3 Å². The first-order valence-corrected chi connectivity index (χ1v) is 8.11. The molecule has 0 fully saturated rings. The zero-order chi connectivity index (χ0) is 16.1. The van der Waals surface area contributed by atoms with Gasteiger partial charge in [-0.25, -0.2) is 4.98 Å². The van der Waals surface area contributed by atoms with E-state index in [1.54, 1.807) is 30.7 Å². The molecule has 0 saturated carbocycles. The minimum atomic E-state index is -0.250. The van der Waals surface area contributed by atoms with Crippen molar-refractivity contribution in [2.24, 2.45) is 0 Å². The van der Waals surface area contributed by atoms with Gasteiger partial charge in [-0.3, -0.25) is 10.1 Å². The van der Waals surface area contributed by atoms with Gasteiger partial charge in [0.2, 0.25) is 5.91 Å². The number of carbonyl (C=O) groups is 1. The highest BCUT2D eigenvalue weighted by Crippen LogP contribution is 2.24. The van der Waals surface area contributed by atoms with Gasteiger partial charge in [0.25, 0.3) is 0 Å². The van der Waals surface area contributed by atoms with Crippen molar-refractivity contribution in [3.8, 4) is 0 Å². The summed E-state index contributed by atoms with van der Waals surface area (Å²) in [4.78, 5) is 17.1. The molecule has 0 spiro atoms. The Kier molecular flexibility index (Phi) is 4.90. The number of thiazole rings is 1. The second kappa shape index (κ2) is 7.26. The molecule has 4 nitrogen and oxygen atoms in total. The van der Waals surface area contributed by atoms with E-state index < -0.39 is 0 Å². The molecule has 1 N–H and O–H groups in total. The maximum absolute atomic E-state index is 11.8. The summed E-state index contributed by atoms with van der Waals surface area (Å²) in [5, 5.41) is 4.02. The molecular formula is C17H13ClN2O2S. The largest absolute Gasteiger partial charge is 0.465 e. The number of amides is 1. The van der Waals surface area contributed by atoms with Crippen LogP contribution >= 0.6 is 22.9 Å². The third kappa shape index (κ3) is 4.31. The second-order valence-electron chi connectivity index (χ2n) is 4.74. The van der Waals surface area contributed by atoms with E-state index in [4.69, 9.17) is 16.0 Å². The fraction of sp³-hybridized carbons (Fsp3) is 0.0588. The molecular weight excluding hydrogens is 332 g/mol. The summed E-state index contributed by atoms with van der Waals surface area (Å²) in [5.41, 5.74) is 1.04. The number of benzene rings is 1. The monoisotopic (exact) mass is 344 g/mol. The van der Waals surface area contributed by atoms with Gasteiger partial charge < -0.3 is 4.42 Å². The molecule has 0 aliphatic carbocycles. The van der Waals surface area contributed by atoms with Crippen molar-refractivity contribution >= 4 is 40.1 Å². The second-order valence-corrected chi connectivity index (χ2v) is 6.26. The van der Waals surface area contributed by atoms with Gasteiger partial charge in [-0.1, -0.05) is 29.8 Å². The molecule has 0 radical (unpaired) electrons. The number of nitrogens with zero attached hydrogens (tertiary/aromatic N) is 1. The van der Waals surface area contributed by atoms with Gasteiger partial charge in [-0.05, 0) is 29.8 Å². The molecule has 0 saturated heterocycles. The van der Waals surface area contributed by atoms with E-state index in [-0.39, 0.29) is 5.91 Å². The molecule has 0 unspecified atom stereocenters. The molecule has 0 aliphatic heterocycles. The summed E-state index contributed by atoms with van der Waals surface area (Å²) < 4.78 is 5.12. The van der Waals surface area contributed by atoms with Crippen LogP contribution in [-0.4, -0.2) is 10.9 Å². The lowest BCUT2D eigenvalue weighted by Gasteiger charge is -2.00. The molecule has 0 aliphatic rings. The van der Waals surface area contributed by atoms with Crippen LogP contribution in [0.1, 0.15) is 16.2 Å². The molecule has 1 amide bonds. The van der Waals surface area contributed by atoms with Crippen molar-refractivity contribution in [3.05, 3.63) is 76.2 Å². The van der Waals surface area contributed by atoms with E-state index in [1.165, 1.54) is 17.4 Å². The Morgan fingerprint density at radius 2 is 2.17 bits per heavy atom. The predicted octanol–water partition coefficient (Wildman–Crippen LogP) is 4.63. The Bertz CT molecular complexity index is 825. The van der Waals surface area contributed by atoms with Crippen LogP contribution in [0.25, 0.3) is 6.08 Å². The Labute approximate surface area is 142 Å². The van der Waals surface area contributed by atoms with Crippen LogP contribution in [0.5, 0.6) is 0 Å². The predicted molar refractivity (Wildman–Crippen MR) is 92.7 cm³/mol. The molecule has 3 rings (SSSR count). The minimum absolute atomic E-state index is 0.250. The minimum Gasteiger partial charge on any atom is -0.465 e. The number of nitrogens with one attached hydrogen (secondary N) is 1. The summed E-state index contributed by atoms with van der Waals surface area (Å²) >= 11 is 7.58. The fourth-order valence-electron chi connectivity index (χ4n) is 1.97. The zero-order valence-corrected chi connectivity index (χ0v) is 13.6. The number of anilines is 1. The van der Waals surface area contributed by atoms with Crippen LogP contribution in [0.2, 0.25) is 5.02 Å². The van der Waals surface area contributed by atoms with Crippen molar-refractivity contribution in [1.29, 1.82) is 0 Å². The first-order valence-electron chi connectivity index (χ1n) is 6.91. The molecule has 3 aromatic rings. The van der Waals surface area contributed by atoms with Gasteiger partial charge in [0.05, 0.1) is 6.26 Å². The third-order valence-corrected chi connectivity index (χ3v) is 4.33. The number of aromatic nitrogens is 1. The van der Waals surface area contributed by atoms with Crippen LogP contribution in [0, 0.1) is 0 Å². The van der Waals surface area contributed by atoms with E-state index in [0.29, 0.717) is 17.3 Å². The number of halogens is 1. The average molecular weight is 345 g/mol. The quantitative estimate of drug-likeness (QED) is 0.686. The van der Waals surface area contributed by atoms with Gasteiger partial charge in [0, 0.05) is 28.6 Å². The molecule has 1 aromatic carbocycles. The number of rotatable bonds is 5. The highest BCUT2D eigenvalue weighted by molar-refractivity contribution is 7.15. The van der Waals surface area contributed by atoms with Crippen LogP contribution in [0.15, 0.2) is 59.4 Å². The molecule has 6 heteroatoms. The Morgan fingerprint density at radius 1 is 1.30 bits per heavy atom. The van der Waals surface area contributed by atoms with Gasteiger partial charge in [-0.2, -0.15) is 0 Å². The highest BCUT2D eigenvalue weighted by Gasteiger charge is 2.07. The summed E-state index contributed by atoms with van der Waals surface area (Å²) in [5.74, 6) is 0.374. The Balaban J connectivity index is 1.61. The summed E-state index contributed by atoms with van der Waals surface area (Å²) in [6.45, 7) is 0. The molecule has 0 bridgehead atoms. The smallest absolute Gasteiger partial charge is 0.250 e. The Morgan fingerprint density at radius 3 is 2.96 bits per heavy atom. The van der Waals surface area contributed by atoms with Crippen molar-refractivity contribution in [1.82, 2.24) is 4.98 Å². The normalized spacial score (nSPS) is 11.0. The maximum atomic E-state index is 11.8. The average Bonchev–Trinajstić information content (AvgIpc) is 3.19. The van der Waals surface area contributed by atoms with Crippen LogP contribution in [-0.2, 0) is 11.2 Å². The number of hydrogen-bond donors (Lipinski definition) is 1. The van der Waals surface area contributed by atoms with Crippen LogP contribution in [0.3, 0.4) is 0 Å². The van der Waals surface area contributed by atoms with Crippen molar-refractivity contribution in [2.75, 3.05) is 5.32 Å². The highest BCUT2D eigenvalue weighted by atomic mass is 35.5. The standard InChI is InChI=1S/C17H13ClN2O2S/c18-15-6-2-1-4-12(15)10-14-11-19-17(23-14)20-16(21)8-7-13-5-3-9-22-13/h1-9,11H,10H2,(H,19,20,21)/b8-7-. The summed E-state index contributed by atoms with van der Waals surface area (Å²) in [6, 6.07) is 11.2. The third-order valence-electron chi connectivity index (χ3n) is 3.05. The van der Waals surface area contributed by atoms with Crippen LogP contribution in [0.4, 0.5) is 5.13 Å². The first-order chi connectivity index (χ1) is 11.2.